The van der Waals surface area contributed by atoms with Crippen molar-refractivity contribution in [2.24, 2.45) is 0 Å². The molecule has 0 heterocycles. The third kappa shape index (κ3) is 5.72. The Morgan fingerprint density at radius 1 is 0.857 bits per heavy atom. The molecule has 0 saturated carbocycles. The van der Waals surface area contributed by atoms with Crippen LogP contribution in [0.5, 0.6) is 0 Å². The zero-order valence-electron chi connectivity index (χ0n) is 16.0. The Balaban J connectivity index is 1.66. The highest BCUT2D eigenvalue weighted by atomic mass is 32.2. The van der Waals surface area contributed by atoms with Gasteiger partial charge < -0.3 is 10.1 Å². The zero-order valence-corrected chi connectivity index (χ0v) is 16.8. The summed E-state index contributed by atoms with van der Waals surface area (Å²) in [6.07, 6.45) is -0.412. The second kappa shape index (κ2) is 10.7. The van der Waals surface area contributed by atoms with Gasteiger partial charge in [0.05, 0.1) is 0 Å². The highest BCUT2D eigenvalue weighted by molar-refractivity contribution is 7.98. The minimum Gasteiger partial charge on any atom is -0.451 e. The maximum atomic E-state index is 12.9. The Kier molecular flexibility index (Phi) is 7.71. The molecule has 1 atom stereocenters. The first-order valence-electron chi connectivity index (χ1n) is 9.37. The topological polar surface area (TPSA) is 38.3 Å². The maximum Gasteiger partial charge on any atom is 0.324 e. The van der Waals surface area contributed by atoms with Crippen molar-refractivity contribution in [3.8, 4) is 0 Å². The summed E-state index contributed by atoms with van der Waals surface area (Å²) >= 11 is 1.72. The van der Waals surface area contributed by atoms with Crippen molar-refractivity contribution in [3.05, 3.63) is 108 Å². The fraction of sp³-hybridized carbons (Fsp3) is 0.208. The molecule has 0 aliphatic carbocycles. The van der Waals surface area contributed by atoms with E-state index in [9.17, 15) is 4.79 Å². The van der Waals surface area contributed by atoms with Gasteiger partial charge in [-0.05, 0) is 23.7 Å². The standard InChI is InChI=1S/C24H25NO2S/c1-25-22(18-28-17-19-11-5-2-6-12-19)24(26)27-23(20-13-7-3-8-14-20)21-15-9-4-10-16-21/h2-16,22-23,25H,17-18H2,1H3/t22-/m0/s1. The average molecular weight is 392 g/mol. The summed E-state index contributed by atoms with van der Waals surface area (Å²) in [5, 5.41) is 3.10. The molecule has 1 N–H and O–H groups in total. The van der Waals surface area contributed by atoms with Crippen LogP contribution in [-0.2, 0) is 15.3 Å². The summed E-state index contributed by atoms with van der Waals surface area (Å²) in [4.78, 5) is 12.9. The van der Waals surface area contributed by atoms with Crippen LogP contribution >= 0.6 is 11.8 Å². The minimum atomic E-state index is -0.412. The quantitative estimate of drug-likeness (QED) is 0.530. The predicted molar refractivity (Wildman–Crippen MR) is 116 cm³/mol. The largest absolute Gasteiger partial charge is 0.451 e. The van der Waals surface area contributed by atoms with Crippen molar-refractivity contribution in [2.75, 3.05) is 12.8 Å². The maximum absolute atomic E-state index is 12.9. The van der Waals surface area contributed by atoms with Crippen LogP contribution in [0.4, 0.5) is 0 Å². The molecule has 0 aromatic heterocycles. The van der Waals surface area contributed by atoms with Crippen LogP contribution in [0.15, 0.2) is 91.0 Å². The molecule has 144 valence electrons. The van der Waals surface area contributed by atoms with Gasteiger partial charge in [-0.3, -0.25) is 4.79 Å². The van der Waals surface area contributed by atoms with Gasteiger partial charge in [-0.2, -0.15) is 11.8 Å². The van der Waals surface area contributed by atoms with Crippen LogP contribution in [0.25, 0.3) is 0 Å². The molecule has 0 unspecified atom stereocenters. The molecule has 3 nitrogen and oxygen atoms in total. The highest BCUT2D eigenvalue weighted by Gasteiger charge is 2.24. The van der Waals surface area contributed by atoms with E-state index in [1.165, 1.54) is 5.56 Å². The number of esters is 1. The second-order valence-electron chi connectivity index (χ2n) is 6.48. The first-order chi connectivity index (χ1) is 13.8. The first-order valence-corrected chi connectivity index (χ1v) is 10.5. The third-order valence-electron chi connectivity index (χ3n) is 4.47. The summed E-state index contributed by atoms with van der Waals surface area (Å²) in [7, 11) is 1.80. The molecule has 0 aliphatic rings. The number of rotatable bonds is 9. The van der Waals surface area contributed by atoms with E-state index in [0.29, 0.717) is 5.75 Å². The van der Waals surface area contributed by atoms with E-state index in [0.717, 1.165) is 16.9 Å². The van der Waals surface area contributed by atoms with Crippen molar-refractivity contribution < 1.29 is 9.53 Å². The van der Waals surface area contributed by atoms with Gasteiger partial charge in [0.1, 0.15) is 6.04 Å². The Morgan fingerprint density at radius 2 is 1.36 bits per heavy atom. The van der Waals surface area contributed by atoms with E-state index < -0.39 is 6.10 Å². The van der Waals surface area contributed by atoms with Crippen molar-refractivity contribution >= 4 is 17.7 Å². The van der Waals surface area contributed by atoms with Gasteiger partial charge in [0.2, 0.25) is 0 Å². The van der Waals surface area contributed by atoms with Crippen molar-refractivity contribution in [2.45, 2.75) is 17.9 Å². The van der Waals surface area contributed by atoms with E-state index >= 15 is 0 Å². The average Bonchev–Trinajstić information content (AvgIpc) is 2.77. The molecule has 3 aromatic rings. The Bertz CT molecular complexity index is 801. The Labute approximate surface area is 171 Å². The number of likely N-dealkylation sites (N-methyl/N-ethyl adjacent to an activating group) is 1. The first kappa shape index (κ1) is 20.2. The molecule has 3 aromatic carbocycles. The van der Waals surface area contributed by atoms with Crippen molar-refractivity contribution in [1.82, 2.24) is 5.32 Å². The fourth-order valence-corrected chi connectivity index (χ4v) is 4.01. The molecular formula is C24H25NO2S. The Hall–Kier alpha value is -2.56. The lowest BCUT2D eigenvalue weighted by molar-refractivity contribution is -0.149. The van der Waals surface area contributed by atoms with Crippen LogP contribution in [0, 0.1) is 0 Å². The number of carbonyl (C=O) groups excluding carboxylic acids is 1. The van der Waals surface area contributed by atoms with E-state index in [2.05, 4.69) is 17.4 Å². The van der Waals surface area contributed by atoms with Gasteiger partial charge in [0.15, 0.2) is 6.10 Å². The number of hydrogen-bond donors (Lipinski definition) is 1. The summed E-state index contributed by atoms with van der Waals surface area (Å²) in [6, 6.07) is 29.6. The fourth-order valence-electron chi connectivity index (χ4n) is 2.92. The van der Waals surface area contributed by atoms with Gasteiger partial charge in [-0.25, -0.2) is 0 Å². The zero-order chi connectivity index (χ0) is 19.6. The lowest BCUT2D eigenvalue weighted by Gasteiger charge is -2.22. The molecule has 0 fully saturated rings. The van der Waals surface area contributed by atoms with Gasteiger partial charge in [0.25, 0.3) is 0 Å². The van der Waals surface area contributed by atoms with Gasteiger partial charge in [0, 0.05) is 11.5 Å². The Morgan fingerprint density at radius 3 is 1.86 bits per heavy atom. The van der Waals surface area contributed by atoms with Gasteiger partial charge in [-0.1, -0.05) is 91.0 Å². The van der Waals surface area contributed by atoms with Crippen molar-refractivity contribution in [1.29, 1.82) is 0 Å². The van der Waals surface area contributed by atoms with Crippen LogP contribution in [0.2, 0.25) is 0 Å². The monoisotopic (exact) mass is 391 g/mol. The number of hydrogen-bond acceptors (Lipinski definition) is 4. The van der Waals surface area contributed by atoms with Crippen LogP contribution in [0.1, 0.15) is 22.8 Å². The van der Waals surface area contributed by atoms with Gasteiger partial charge >= 0.3 is 5.97 Å². The number of nitrogens with one attached hydrogen (secondary N) is 1. The second-order valence-corrected chi connectivity index (χ2v) is 7.51. The number of ether oxygens (including phenoxy) is 1. The molecule has 0 spiro atoms. The summed E-state index contributed by atoms with van der Waals surface area (Å²) in [6.45, 7) is 0. The van der Waals surface area contributed by atoms with E-state index in [4.69, 9.17) is 4.74 Å². The molecular weight excluding hydrogens is 366 g/mol. The highest BCUT2D eigenvalue weighted by Crippen LogP contribution is 2.26. The van der Waals surface area contributed by atoms with Crippen LogP contribution < -0.4 is 5.32 Å². The predicted octanol–water partition coefficient (Wildman–Crippen LogP) is 4.84. The van der Waals surface area contributed by atoms with E-state index in [1.807, 2.05) is 78.9 Å². The SMILES string of the molecule is CN[C@@H](CSCc1ccccc1)C(=O)OC(c1ccccc1)c1ccccc1. The molecule has 0 saturated heterocycles. The van der Waals surface area contributed by atoms with E-state index in [1.54, 1.807) is 18.8 Å². The molecule has 0 aliphatic heterocycles. The minimum absolute atomic E-state index is 0.235. The third-order valence-corrected chi connectivity index (χ3v) is 5.57. The van der Waals surface area contributed by atoms with Crippen LogP contribution in [0.3, 0.4) is 0 Å². The smallest absolute Gasteiger partial charge is 0.324 e. The molecule has 0 radical (unpaired) electrons. The molecule has 3 rings (SSSR count). The summed E-state index contributed by atoms with van der Waals surface area (Å²) in [5.41, 5.74) is 3.19. The van der Waals surface area contributed by atoms with E-state index in [-0.39, 0.29) is 12.0 Å². The lowest BCUT2D eigenvalue weighted by atomic mass is 10.0. The number of thioether (sulfide) groups is 1. The normalized spacial score (nSPS) is 11.9. The molecule has 4 heteroatoms. The van der Waals surface area contributed by atoms with Gasteiger partial charge in [-0.15, -0.1) is 0 Å². The molecule has 0 bridgehead atoms. The van der Waals surface area contributed by atoms with Crippen LogP contribution in [-0.4, -0.2) is 24.8 Å². The molecule has 0 amide bonds. The number of benzene rings is 3. The number of carbonyl (C=O) groups is 1. The summed E-state index contributed by atoms with van der Waals surface area (Å²) < 4.78 is 5.96. The van der Waals surface area contributed by atoms with Crippen molar-refractivity contribution in [3.63, 3.8) is 0 Å². The lowest BCUT2D eigenvalue weighted by Crippen LogP contribution is -2.38. The summed E-state index contributed by atoms with van der Waals surface area (Å²) in [5.74, 6) is 1.29. The molecule has 28 heavy (non-hydrogen) atoms.